The number of hydrogen-bond acceptors (Lipinski definition) is 5. The van der Waals surface area contributed by atoms with Crippen molar-refractivity contribution in [2.75, 3.05) is 19.4 Å². The molecule has 0 saturated carbocycles. The number of para-hydroxylation sites is 1. The van der Waals surface area contributed by atoms with Gasteiger partial charge in [0.2, 0.25) is 5.91 Å². The first-order valence-electron chi connectivity index (χ1n) is 9.23. The lowest BCUT2D eigenvalue weighted by atomic mass is 10.1. The number of rotatable bonds is 8. The van der Waals surface area contributed by atoms with Crippen LogP contribution in [0.4, 0.5) is 0 Å². The predicted octanol–water partition coefficient (Wildman–Crippen LogP) is 3.21. The summed E-state index contributed by atoms with van der Waals surface area (Å²) >= 11 is 1.36. The second kappa shape index (κ2) is 8.83. The third kappa shape index (κ3) is 4.43. The molecule has 4 aromatic rings. The molecule has 0 radical (unpaired) electrons. The van der Waals surface area contributed by atoms with Crippen molar-refractivity contribution in [1.82, 2.24) is 25.1 Å². The number of carbonyl (C=O) groups excluding carboxylic acids is 1. The Balaban J connectivity index is 1.29. The van der Waals surface area contributed by atoms with Gasteiger partial charge in [-0.15, -0.1) is 10.2 Å². The molecule has 2 aromatic heterocycles. The van der Waals surface area contributed by atoms with E-state index in [2.05, 4.69) is 26.6 Å². The van der Waals surface area contributed by atoms with Crippen LogP contribution in [-0.2, 0) is 11.2 Å². The lowest BCUT2D eigenvalue weighted by molar-refractivity contribution is -0.118. The molecule has 148 valence electrons. The molecule has 8 heteroatoms. The summed E-state index contributed by atoms with van der Waals surface area (Å²) in [6.45, 7) is 0.590. The number of hydrogen-bond donors (Lipinski definition) is 2. The van der Waals surface area contributed by atoms with Crippen molar-refractivity contribution in [1.29, 1.82) is 0 Å². The van der Waals surface area contributed by atoms with E-state index in [1.54, 1.807) is 13.4 Å². The summed E-state index contributed by atoms with van der Waals surface area (Å²) in [4.78, 5) is 15.5. The molecule has 0 aliphatic carbocycles. The molecule has 2 aromatic carbocycles. The summed E-state index contributed by atoms with van der Waals surface area (Å²) in [5.74, 6) is 1.03. The van der Waals surface area contributed by atoms with Gasteiger partial charge in [-0.05, 0) is 42.3 Å². The van der Waals surface area contributed by atoms with E-state index < -0.39 is 0 Å². The molecule has 0 aliphatic heterocycles. The molecular weight excluding hydrogens is 386 g/mol. The molecule has 7 nitrogen and oxygen atoms in total. The maximum atomic E-state index is 12.2. The molecule has 0 bridgehead atoms. The van der Waals surface area contributed by atoms with Gasteiger partial charge in [0.15, 0.2) is 5.16 Å². The Morgan fingerprint density at radius 2 is 2.03 bits per heavy atom. The Bertz CT molecular complexity index is 1100. The third-order valence-electron chi connectivity index (χ3n) is 4.59. The van der Waals surface area contributed by atoms with E-state index in [1.807, 2.05) is 53.2 Å². The molecule has 0 spiro atoms. The Labute approximate surface area is 172 Å². The van der Waals surface area contributed by atoms with Crippen molar-refractivity contribution >= 4 is 28.6 Å². The highest BCUT2D eigenvalue weighted by atomic mass is 32.2. The first kappa shape index (κ1) is 19.1. The molecule has 2 heterocycles. The molecule has 0 unspecified atom stereocenters. The number of aromatic nitrogens is 4. The van der Waals surface area contributed by atoms with Gasteiger partial charge in [0.05, 0.1) is 12.9 Å². The Kier molecular flexibility index (Phi) is 5.81. The van der Waals surface area contributed by atoms with Gasteiger partial charge in [0.1, 0.15) is 12.1 Å². The van der Waals surface area contributed by atoms with Gasteiger partial charge in [-0.1, -0.05) is 30.0 Å². The fraction of sp³-hybridized carbons (Fsp3) is 0.190. The standard InChI is InChI=1S/C21H21N5O2S/c1-28-17-8-6-16(7-9-17)26-14-24-25-21(26)29-13-20(27)22-11-10-15-12-23-19-5-3-2-4-18(15)19/h2-9,12,14,23H,10-11,13H2,1H3,(H,22,27). The largest absolute Gasteiger partial charge is 0.497 e. The summed E-state index contributed by atoms with van der Waals surface area (Å²) in [5, 5.41) is 12.9. The molecule has 0 atom stereocenters. The first-order chi connectivity index (χ1) is 14.2. The van der Waals surface area contributed by atoms with Crippen LogP contribution in [0.5, 0.6) is 5.75 Å². The van der Waals surface area contributed by atoms with E-state index >= 15 is 0 Å². The monoisotopic (exact) mass is 407 g/mol. The van der Waals surface area contributed by atoms with Crippen LogP contribution in [0.2, 0.25) is 0 Å². The van der Waals surface area contributed by atoms with Crippen LogP contribution < -0.4 is 10.1 Å². The van der Waals surface area contributed by atoms with E-state index in [9.17, 15) is 4.79 Å². The van der Waals surface area contributed by atoms with Crippen molar-refractivity contribution in [2.45, 2.75) is 11.6 Å². The third-order valence-corrected chi connectivity index (χ3v) is 5.53. The molecular formula is C21H21N5O2S. The van der Waals surface area contributed by atoms with Gasteiger partial charge < -0.3 is 15.0 Å². The van der Waals surface area contributed by atoms with Gasteiger partial charge in [0.25, 0.3) is 0 Å². The minimum atomic E-state index is -0.0286. The van der Waals surface area contributed by atoms with E-state index in [4.69, 9.17) is 4.74 Å². The topological polar surface area (TPSA) is 84.8 Å². The zero-order valence-electron chi connectivity index (χ0n) is 16.0. The van der Waals surface area contributed by atoms with Crippen molar-refractivity contribution in [3.63, 3.8) is 0 Å². The van der Waals surface area contributed by atoms with Crippen LogP contribution >= 0.6 is 11.8 Å². The van der Waals surface area contributed by atoms with Crippen molar-refractivity contribution < 1.29 is 9.53 Å². The minimum Gasteiger partial charge on any atom is -0.497 e. The van der Waals surface area contributed by atoms with E-state index in [-0.39, 0.29) is 11.7 Å². The molecule has 29 heavy (non-hydrogen) atoms. The zero-order chi connectivity index (χ0) is 20.1. The summed E-state index contributed by atoms with van der Waals surface area (Å²) in [6.07, 6.45) is 4.42. The van der Waals surface area contributed by atoms with Crippen LogP contribution in [0, 0.1) is 0 Å². The fourth-order valence-electron chi connectivity index (χ4n) is 3.10. The van der Waals surface area contributed by atoms with Crippen LogP contribution in [0.1, 0.15) is 5.56 Å². The Morgan fingerprint density at radius 1 is 1.21 bits per heavy atom. The second-order valence-electron chi connectivity index (χ2n) is 6.43. The Morgan fingerprint density at radius 3 is 2.86 bits per heavy atom. The Hall–Kier alpha value is -3.26. The lowest BCUT2D eigenvalue weighted by Gasteiger charge is -2.08. The summed E-state index contributed by atoms with van der Waals surface area (Å²) in [6, 6.07) is 15.8. The molecule has 4 rings (SSSR count). The molecule has 0 fully saturated rings. The average Bonchev–Trinajstić information content (AvgIpc) is 3.40. The maximum Gasteiger partial charge on any atom is 0.230 e. The maximum absolute atomic E-state index is 12.2. The number of aromatic amines is 1. The van der Waals surface area contributed by atoms with Gasteiger partial charge in [-0.2, -0.15) is 0 Å². The number of H-pyrrole nitrogens is 1. The van der Waals surface area contributed by atoms with Gasteiger partial charge in [0, 0.05) is 29.3 Å². The average molecular weight is 407 g/mol. The number of amides is 1. The quantitative estimate of drug-likeness (QED) is 0.438. The van der Waals surface area contributed by atoms with Crippen LogP contribution in [-0.4, -0.2) is 45.1 Å². The number of methoxy groups -OCH3 is 1. The van der Waals surface area contributed by atoms with E-state index in [0.29, 0.717) is 11.7 Å². The number of benzene rings is 2. The van der Waals surface area contributed by atoms with Crippen molar-refractivity contribution in [3.05, 3.63) is 66.6 Å². The van der Waals surface area contributed by atoms with Crippen molar-refractivity contribution in [3.8, 4) is 11.4 Å². The van der Waals surface area contributed by atoms with Gasteiger partial charge in [-0.3, -0.25) is 9.36 Å². The zero-order valence-corrected chi connectivity index (χ0v) is 16.8. The van der Waals surface area contributed by atoms with E-state index in [1.165, 1.54) is 22.7 Å². The number of nitrogens with one attached hydrogen (secondary N) is 2. The number of fused-ring (bicyclic) bond motifs is 1. The number of carbonyl (C=O) groups is 1. The highest BCUT2D eigenvalue weighted by molar-refractivity contribution is 7.99. The molecule has 1 amide bonds. The highest BCUT2D eigenvalue weighted by Gasteiger charge is 2.11. The molecule has 0 aliphatic rings. The lowest BCUT2D eigenvalue weighted by Crippen LogP contribution is -2.27. The SMILES string of the molecule is COc1ccc(-n2cnnc2SCC(=O)NCCc2c[nH]c3ccccc23)cc1. The first-order valence-corrected chi connectivity index (χ1v) is 10.2. The summed E-state index contributed by atoms with van der Waals surface area (Å²) < 4.78 is 7.03. The summed E-state index contributed by atoms with van der Waals surface area (Å²) in [7, 11) is 1.63. The molecule has 2 N–H and O–H groups in total. The number of thioether (sulfide) groups is 1. The van der Waals surface area contributed by atoms with Gasteiger partial charge >= 0.3 is 0 Å². The van der Waals surface area contributed by atoms with Crippen LogP contribution in [0.15, 0.2) is 66.2 Å². The normalized spacial score (nSPS) is 10.9. The summed E-state index contributed by atoms with van der Waals surface area (Å²) in [5.41, 5.74) is 3.23. The van der Waals surface area contributed by atoms with Crippen LogP contribution in [0.3, 0.4) is 0 Å². The fourth-order valence-corrected chi connectivity index (χ4v) is 3.86. The smallest absolute Gasteiger partial charge is 0.230 e. The predicted molar refractivity (Wildman–Crippen MR) is 114 cm³/mol. The number of ether oxygens (including phenoxy) is 1. The van der Waals surface area contributed by atoms with Gasteiger partial charge in [-0.25, -0.2) is 0 Å². The highest BCUT2D eigenvalue weighted by Crippen LogP contribution is 2.21. The van der Waals surface area contributed by atoms with Crippen LogP contribution in [0.25, 0.3) is 16.6 Å². The second-order valence-corrected chi connectivity index (χ2v) is 7.37. The van der Waals surface area contributed by atoms with Crippen molar-refractivity contribution in [2.24, 2.45) is 0 Å². The minimum absolute atomic E-state index is 0.0286. The molecule has 0 saturated heterocycles. The number of nitrogens with zero attached hydrogens (tertiary/aromatic N) is 3. The van der Waals surface area contributed by atoms with E-state index in [0.717, 1.165) is 23.4 Å².